The first kappa shape index (κ1) is 25.2. The summed E-state index contributed by atoms with van der Waals surface area (Å²) in [6.07, 6.45) is 1.57. The molecular formula is C24H22BrFN2O6S. The number of morpholine rings is 1. The molecule has 0 aromatic heterocycles. The van der Waals surface area contributed by atoms with Gasteiger partial charge in [0.05, 0.1) is 25.2 Å². The third-order valence-corrected chi connectivity index (χ3v) is 7.00. The number of carbonyl (C=O) groups is 3. The molecule has 2 fully saturated rings. The van der Waals surface area contributed by atoms with E-state index in [9.17, 15) is 18.8 Å². The second-order valence-electron chi connectivity index (χ2n) is 7.70. The zero-order valence-electron chi connectivity index (χ0n) is 18.8. The van der Waals surface area contributed by atoms with Crippen LogP contribution in [0.1, 0.15) is 11.1 Å². The molecule has 2 aliphatic rings. The van der Waals surface area contributed by atoms with Crippen molar-refractivity contribution < 1.29 is 33.0 Å². The van der Waals surface area contributed by atoms with Gasteiger partial charge in [0.2, 0.25) is 5.91 Å². The number of hydrogen-bond acceptors (Lipinski definition) is 7. The van der Waals surface area contributed by atoms with Crippen molar-refractivity contribution in [2.75, 3.05) is 40.0 Å². The van der Waals surface area contributed by atoms with Crippen molar-refractivity contribution in [1.29, 1.82) is 0 Å². The molecule has 2 saturated heterocycles. The largest absolute Gasteiger partial charge is 0.493 e. The molecule has 2 aromatic rings. The fourth-order valence-electron chi connectivity index (χ4n) is 3.50. The van der Waals surface area contributed by atoms with Crippen LogP contribution >= 0.6 is 27.7 Å². The van der Waals surface area contributed by atoms with Crippen molar-refractivity contribution in [3.63, 3.8) is 0 Å². The number of nitrogens with zero attached hydrogens (tertiary/aromatic N) is 2. The van der Waals surface area contributed by atoms with Gasteiger partial charge >= 0.3 is 0 Å². The molecule has 0 saturated carbocycles. The molecule has 0 atom stereocenters. The summed E-state index contributed by atoms with van der Waals surface area (Å²) in [5.74, 6) is -0.270. The van der Waals surface area contributed by atoms with Gasteiger partial charge in [-0.1, -0.05) is 28.1 Å². The quantitative estimate of drug-likeness (QED) is 0.468. The van der Waals surface area contributed by atoms with Gasteiger partial charge in [-0.25, -0.2) is 4.39 Å². The highest BCUT2D eigenvalue weighted by Crippen LogP contribution is 2.38. The summed E-state index contributed by atoms with van der Waals surface area (Å²) in [5.41, 5.74) is 1.38. The number of rotatable bonds is 7. The third-order valence-electron chi connectivity index (χ3n) is 5.41. The highest BCUT2D eigenvalue weighted by atomic mass is 79.9. The van der Waals surface area contributed by atoms with E-state index in [4.69, 9.17) is 14.2 Å². The second kappa shape index (κ2) is 11.2. The monoisotopic (exact) mass is 564 g/mol. The maximum Gasteiger partial charge on any atom is 0.294 e. The first-order valence-corrected chi connectivity index (χ1v) is 12.3. The van der Waals surface area contributed by atoms with Gasteiger partial charge in [-0.05, 0) is 53.2 Å². The van der Waals surface area contributed by atoms with Crippen LogP contribution < -0.4 is 9.47 Å². The van der Waals surface area contributed by atoms with Gasteiger partial charge in [0, 0.05) is 17.6 Å². The molecule has 8 nitrogen and oxygen atoms in total. The predicted molar refractivity (Wildman–Crippen MR) is 132 cm³/mol. The Labute approximate surface area is 214 Å². The molecule has 0 N–H and O–H groups in total. The first-order chi connectivity index (χ1) is 16.9. The van der Waals surface area contributed by atoms with Crippen LogP contribution in [-0.4, -0.2) is 66.8 Å². The summed E-state index contributed by atoms with van der Waals surface area (Å²) in [7, 11) is 1.49. The highest BCUT2D eigenvalue weighted by molar-refractivity contribution is 9.10. The second-order valence-corrected chi connectivity index (χ2v) is 9.55. The Kier molecular flexibility index (Phi) is 8.09. The number of methoxy groups -OCH3 is 1. The van der Waals surface area contributed by atoms with Gasteiger partial charge in [-0.3, -0.25) is 19.3 Å². The smallest absolute Gasteiger partial charge is 0.294 e. The number of ether oxygens (including phenoxy) is 3. The summed E-state index contributed by atoms with van der Waals surface area (Å²) in [6.45, 7) is 1.65. The lowest BCUT2D eigenvalue weighted by atomic mass is 10.1. The van der Waals surface area contributed by atoms with E-state index in [-0.39, 0.29) is 29.8 Å². The molecule has 11 heteroatoms. The summed E-state index contributed by atoms with van der Waals surface area (Å²) in [4.78, 5) is 40.6. The van der Waals surface area contributed by atoms with E-state index in [2.05, 4.69) is 15.9 Å². The van der Waals surface area contributed by atoms with Gasteiger partial charge in [0.1, 0.15) is 19.0 Å². The van der Waals surface area contributed by atoms with E-state index in [1.54, 1.807) is 35.2 Å². The van der Waals surface area contributed by atoms with E-state index in [1.165, 1.54) is 19.2 Å². The van der Waals surface area contributed by atoms with Crippen LogP contribution in [0.5, 0.6) is 11.5 Å². The Hall–Kier alpha value is -2.89. The van der Waals surface area contributed by atoms with Gasteiger partial charge in [0.25, 0.3) is 11.1 Å². The van der Waals surface area contributed by atoms with Crippen LogP contribution in [0.15, 0.2) is 45.8 Å². The molecule has 3 amide bonds. The minimum absolute atomic E-state index is 0.201. The Morgan fingerprint density at radius 1 is 1.17 bits per heavy atom. The molecule has 2 aliphatic heterocycles. The lowest BCUT2D eigenvalue weighted by Gasteiger charge is -2.28. The number of hydrogen-bond donors (Lipinski definition) is 0. The minimum Gasteiger partial charge on any atom is -0.493 e. The molecule has 2 aromatic carbocycles. The third kappa shape index (κ3) is 6.03. The summed E-state index contributed by atoms with van der Waals surface area (Å²) in [6, 6.07) is 9.35. The molecule has 0 bridgehead atoms. The standard InChI is InChI=1S/C24H22BrFN2O6S/c1-32-19-10-16(18(25)12-20(19)34-14-15-2-4-17(26)5-3-15)11-21-23(30)28(24(31)35-21)13-22(29)27-6-8-33-9-7-27/h2-5,10-12H,6-9,13-14H2,1H3/b21-11+. The molecule has 0 radical (unpaired) electrons. The summed E-state index contributed by atoms with van der Waals surface area (Å²) in [5, 5.41) is -0.495. The number of carbonyl (C=O) groups excluding carboxylic acids is 3. The van der Waals surface area contributed by atoms with Crippen LogP contribution in [0.4, 0.5) is 9.18 Å². The molecule has 35 heavy (non-hydrogen) atoms. The Morgan fingerprint density at radius 3 is 2.57 bits per heavy atom. The van der Waals surface area contributed by atoms with Gasteiger partial charge in [-0.2, -0.15) is 0 Å². The van der Waals surface area contributed by atoms with Crippen molar-refractivity contribution >= 4 is 50.8 Å². The average Bonchev–Trinajstić information content (AvgIpc) is 3.12. The number of amides is 3. The van der Waals surface area contributed by atoms with Crippen LogP contribution in [0.2, 0.25) is 0 Å². The lowest BCUT2D eigenvalue weighted by molar-refractivity contribution is -0.139. The predicted octanol–water partition coefficient (Wildman–Crippen LogP) is 4.07. The van der Waals surface area contributed by atoms with E-state index in [0.717, 1.165) is 22.2 Å². The maximum atomic E-state index is 13.1. The molecule has 184 valence electrons. The fourth-order valence-corrected chi connectivity index (χ4v) is 4.77. The summed E-state index contributed by atoms with van der Waals surface area (Å²) < 4.78 is 30.2. The molecule has 0 spiro atoms. The van der Waals surface area contributed by atoms with Crippen molar-refractivity contribution in [2.45, 2.75) is 6.61 Å². The van der Waals surface area contributed by atoms with Crippen molar-refractivity contribution in [3.05, 3.63) is 62.7 Å². The SMILES string of the molecule is COc1cc(/C=C2/SC(=O)N(CC(=O)N3CCOCC3)C2=O)c(Br)cc1OCc1ccc(F)cc1. The van der Waals surface area contributed by atoms with E-state index >= 15 is 0 Å². The first-order valence-electron chi connectivity index (χ1n) is 10.7. The maximum absolute atomic E-state index is 13.1. The normalized spacial score (nSPS) is 17.3. The summed E-state index contributed by atoms with van der Waals surface area (Å²) >= 11 is 4.25. The Bertz CT molecular complexity index is 1170. The van der Waals surface area contributed by atoms with Crippen LogP contribution in [0.25, 0.3) is 6.08 Å². The molecule has 4 rings (SSSR count). The highest BCUT2D eigenvalue weighted by Gasteiger charge is 2.37. The Morgan fingerprint density at radius 2 is 1.89 bits per heavy atom. The van der Waals surface area contributed by atoms with Crippen LogP contribution in [0, 0.1) is 5.82 Å². The lowest BCUT2D eigenvalue weighted by Crippen LogP contribution is -2.46. The zero-order valence-corrected chi connectivity index (χ0v) is 21.2. The minimum atomic E-state index is -0.524. The number of benzene rings is 2. The topological polar surface area (TPSA) is 85.4 Å². The van der Waals surface area contributed by atoms with Crippen molar-refractivity contribution in [3.8, 4) is 11.5 Å². The van der Waals surface area contributed by atoms with Crippen molar-refractivity contribution in [1.82, 2.24) is 9.80 Å². The average molecular weight is 565 g/mol. The van der Waals surface area contributed by atoms with E-state index < -0.39 is 11.1 Å². The van der Waals surface area contributed by atoms with Gasteiger partial charge in [-0.15, -0.1) is 0 Å². The molecular weight excluding hydrogens is 543 g/mol. The van der Waals surface area contributed by atoms with E-state index in [0.29, 0.717) is 47.8 Å². The van der Waals surface area contributed by atoms with Crippen LogP contribution in [-0.2, 0) is 20.9 Å². The van der Waals surface area contributed by atoms with Gasteiger partial charge < -0.3 is 19.1 Å². The number of thioether (sulfide) groups is 1. The molecule has 0 unspecified atom stereocenters. The Balaban J connectivity index is 1.48. The van der Waals surface area contributed by atoms with Crippen LogP contribution in [0.3, 0.4) is 0 Å². The molecule has 2 heterocycles. The number of imide groups is 1. The van der Waals surface area contributed by atoms with E-state index in [1.807, 2.05) is 0 Å². The fraction of sp³-hybridized carbons (Fsp3) is 0.292. The number of halogens is 2. The van der Waals surface area contributed by atoms with Crippen molar-refractivity contribution in [2.24, 2.45) is 0 Å². The zero-order chi connectivity index (χ0) is 24.9. The molecule has 0 aliphatic carbocycles. The van der Waals surface area contributed by atoms with Gasteiger partial charge in [0.15, 0.2) is 11.5 Å².